The van der Waals surface area contributed by atoms with E-state index in [0.29, 0.717) is 0 Å². The Hall–Kier alpha value is 0. The van der Waals surface area contributed by atoms with Gasteiger partial charge in [0, 0.05) is 0 Å². The summed E-state index contributed by atoms with van der Waals surface area (Å²) < 4.78 is 0. The first-order valence-electron chi connectivity index (χ1n) is 17.3. The Kier molecular flexibility index (Phi) is 203. The van der Waals surface area contributed by atoms with Gasteiger partial charge in [-0.1, -0.05) is 223 Å². The molecule has 0 radical (unpaired) electrons. The van der Waals surface area contributed by atoms with Gasteiger partial charge in [-0.05, 0) is 17.8 Å². The van der Waals surface area contributed by atoms with E-state index in [1.807, 2.05) is 83.1 Å². The molecule has 36 heavy (non-hydrogen) atoms. The Morgan fingerprint density at radius 3 is 0.722 bits per heavy atom. The van der Waals surface area contributed by atoms with Gasteiger partial charge >= 0.3 is 0 Å². The van der Waals surface area contributed by atoms with E-state index in [0.717, 1.165) is 17.8 Å². The van der Waals surface area contributed by atoms with Crippen molar-refractivity contribution in [2.75, 3.05) is 0 Å². The molecule has 0 heteroatoms. The molecule has 0 amide bonds. The second kappa shape index (κ2) is 112. The molecule has 0 saturated heterocycles. The zero-order valence-electron chi connectivity index (χ0n) is 31.8. The summed E-state index contributed by atoms with van der Waals surface area (Å²) in [7, 11) is 0. The van der Waals surface area contributed by atoms with Gasteiger partial charge in [0.1, 0.15) is 0 Å². The van der Waals surface area contributed by atoms with Crippen LogP contribution in [0.5, 0.6) is 0 Å². The fourth-order valence-corrected chi connectivity index (χ4v) is 1.60. The number of hydrogen-bond donors (Lipinski definition) is 0. The monoisotopic (exact) mass is 525 g/mol. The Morgan fingerprint density at radius 1 is 0.472 bits per heavy atom. The van der Waals surface area contributed by atoms with Crippen LogP contribution in [-0.4, -0.2) is 0 Å². The lowest BCUT2D eigenvalue weighted by atomic mass is 9.91. The van der Waals surface area contributed by atoms with Crippen LogP contribution in [0.25, 0.3) is 0 Å². The maximum Gasteiger partial charge on any atom is -0.0443 e. The van der Waals surface area contributed by atoms with E-state index < -0.39 is 0 Å². The molecule has 1 aliphatic rings. The van der Waals surface area contributed by atoms with Crippen molar-refractivity contribution in [1.82, 2.24) is 0 Å². The fourth-order valence-electron chi connectivity index (χ4n) is 1.60. The highest BCUT2D eigenvalue weighted by Gasteiger charge is 2.05. The van der Waals surface area contributed by atoms with Crippen molar-refractivity contribution < 1.29 is 0 Å². The van der Waals surface area contributed by atoms with Crippen LogP contribution >= 0.6 is 0 Å². The summed E-state index contributed by atoms with van der Waals surface area (Å²) >= 11 is 0. The van der Waals surface area contributed by atoms with E-state index in [2.05, 4.69) is 76.2 Å². The van der Waals surface area contributed by atoms with E-state index >= 15 is 0 Å². The van der Waals surface area contributed by atoms with Gasteiger partial charge in [-0.15, -0.1) is 0 Å². The second-order valence-corrected chi connectivity index (χ2v) is 8.10. The van der Waals surface area contributed by atoms with E-state index in [1.54, 1.807) is 0 Å². The van der Waals surface area contributed by atoms with Crippen LogP contribution in [0, 0.1) is 17.8 Å². The molecular weight excluding hydrogens is 432 g/mol. The number of rotatable bonds is 3. The molecule has 1 rings (SSSR count). The van der Waals surface area contributed by atoms with Crippen LogP contribution < -0.4 is 0 Å². The first-order valence-corrected chi connectivity index (χ1v) is 17.3. The third kappa shape index (κ3) is 219. The molecule has 0 heterocycles. The summed E-state index contributed by atoms with van der Waals surface area (Å²) in [4.78, 5) is 0. The Bertz CT molecular complexity index is 145. The van der Waals surface area contributed by atoms with Gasteiger partial charge in [-0.2, -0.15) is 0 Å². The minimum absolute atomic E-state index is 0.833. The molecule has 0 bridgehead atoms. The summed E-state index contributed by atoms with van der Waals surface area (Å²) in [6.45, 7) is 48.2. The average Bonchev–Trinajstić information content (AvgIpc) is 2.96. The largest absolute Gasteiger partial charge is 0.0683 e. The summed E-state index contributed by atoms with van der Waals surface area (Å²) in [6.07, 6.45) is 14.0. The number of hydrogen-bond acceptors (Lipinski definition) is 0. The van der Waals surface area contributed by atoms with Crippen molar-refractivity contribution in [3.8, 4) is 0 Å². The van der Waals surface area contributed by atoms with E-state index in [9.17, 15) is 0 Å². The second-order valence-electron chi connectivity index (χ2n) is 8.10. The van der Waals surface area contributed by atoms with Gasteiger partial charge in [0.2, 0.25) is 0 Å². The van der Waals surface area contributed by atoms with Crippen molar-refractivity contribution in [2.24, 2.45) is 17.8 Å². The number of unbranched alkanes of at least 4 members (excludes halogenated alkanes) is 1. The van der Waals surface area contributed by atoms with Gasteiger partial charge in [-0.25, -0.2) is 0 Å². The zero-order chi connectivity index (χ0) is 31.8. The first kappa shape index (κ1) is 65.2. The highest BCUT2D eigenvalue weighted by atomic mass is 14.1. The molecule has 0 atom stereocenters. The minimum Gasteiger partial charge on any atom is -0.0683 e. The molecule has 0 aliphatic heterocycles. The third-order valence-electron chi connectivity index (χ3n) is 3.79. The Labute approximate surface area is 241 Å². The molecule has 0 spiro atoms. The first-order chi connectivity index (χ1) is 17.3. The van der Waals surface area contributed by atoms with Crippen molar-refractivity contribution >= 4 is 0 Å². The topological polar surface area (TPSA) is 0 Å². The van der Waals surface area contributed by atoms with Gasteiger partial charge in [-0.3, -0.25) is 0 Å². The molecule has 0 aromatic rings. The van der Waals surface area contributed by atoms with E-state index in [1.165, 1.54) is 64.2 Å². The predicted octanol–water partition coefficient (Wildman–Crippen LogP) is 16.1. The molecule has 1 saturated carbocycles. The Balaban J connectivity index is -0.0000000271. The maximum absolute atomic E-state index is 2.36. The van der Waals surface area contributed by atoms with Crippen molar-refractivity contribution in [1.29, 1.82) is 0 Å². The quantitative estimate of drug-likeness (QED) is 0.344. The van der Waals surface area contributed by atoms with Crippen LogP contribution in [0.3, 0.4) is 0 Å². The fraction of sp³-hybridized carbons (Fsp3) is 1.00. The zero-order valence-corrected chi connectivity index (χ0v) is 31.8. The van der Waals surface area contributed by atoms with Gasteiger partial charge in [0.15, 0.2) is 0 Å². The molecule has 0 aromatic carbocycles. The lowest BCUT2D eigenvalue weighted by molar-refractivity contribution is 0.385. The molecule has 0 unspecified atom stereocenters. The van der Waals surface area contributed by atoms with Crippen molar-refractivity contribution in [3.05, 3.63) is 0 Å². The molecule has 0 N–H and O–H groups in total. The lowest BCUT2D eigenvalue weighted by Gasteiger charge is -2.15. The van der Waals surface area contributed by atoms with Crippen molar-refractivity contribution in [3.63, 3.8) is 0 Å². The van der Waals surface area contributed by atoms with E-state index in [-0.39, 0.29) is 0 Å². The van der Waals surface area contributed by atoms with Crippen LogP contribution in [0.15, 0.2) is 0 Å². The molecule has 1 aliphatic carbocycles. The predicted molar refractivity (Wildman–Crippen MR) is 187 cm³/mol. The third-order valence-corrected chi connectivity index (χ3v) is 3.79. The van der Waals surface area contributed by atoms with Gasteiger partial charge < -0.3 is 0 Å². The smallest absolute Gasteiger partial charge is 0.0443 e. The average molecular weight is 525 g/mol. The molecule has 1 fully saturated rings. The van der Waals surface area contributed by atoms with Crippen LogP contribution in [-0.2, 0) is 0 Å². The van der Waals surface area contributed by atoms with Crippen molar-refractivity contribution in [2.45, 2.75) is 223 Å². The lowest BCUT2D eigenvalue weighted by Crippen LogP contribution is -1.99. The standard InChI is InChI=1S/C7H14.C6H14.2C4H10.C3H8.6C2H6/c1-7-5-3-2-4-6-7;1-4-6(3)5-2;1-4(2)3;1-3-4-2;1-3-2;6*1-2/h7H,2-6H2,1H3;6H,4-5H2,1-3H3;4H,1-3H3;3-4H2,1-2H3;3H2,1-2H3;6*1-2H3. The van der Waals surface area contributed by atoms with Gasteiger partial charge in [0.05, 0.1) is 0 Å². The van der Waals surface area contributed by atoms with Crippen LogP contribution in [0.1, 0.15) is 223 Å². The SMILES string of the molecule is CC.CC.CC.CC.CC.CC.CC(C)C.CC1CCCCC1.CCC.CCC(C)CC.CCCC. The van der Waals surface area contributed by atoms with Gasteiger partial charge in [0.25, 0.3) is 0 Å². The summed E-state index contributed by atoms with van der Waals surface area (Å²) in [6, 6.07) is 0. The summed E-state index contributed by atoms with van der Waals surface area (Å²) in [5, 5.41) is 0. The highest BCUT2D eigenvalue weighted by molar-refractivity contribution is 4.59. The minimum atomic E-state index is 0.833. The summed E-state index contributed by atoms with van der Waals surface area (Å²) in [5.74, 6) is 2.80. The maximum atomic E-state index is 2.36. The van der Waals surface area contributed by atoms with Crippen LogP contribution in [0.2, 0.25) is 0 Å². The molecule has 0 aromatic heterocycles. The normalized spacial score (nSPS) is 9.92. The molecule has 0 nitrogen and oxygen atoms in total. The van der Waals surface area contributed by atoms with Crippen LogP contribution in [0.4, 0.5) is 0 Å². The summed E-state index contributed by atoms with van der Waals surface area (Å²) in [5.41, 5.74) is 0. The Morgan fingerprint density at radius 2 is 0.667 bits per heavy atom. The molecular formula is C36H92. The highest BCUT2D eigenvalue weighted by Crippen LogP contribution is 2.22. The molecule has 236 valence electrons. The van der Waals surface area contributed by atoms with E-state index in [4.69, 9.17) is 0 Å².